The Kier molecular flexibility index (Phi) is 3.89. The summed E-state index contributed by atoms with van der Waals surface area (Å²) >= 11 is 0. The Bertz CT molecular complexity index is 414. The number of imidazole rings is 1. The van der Waals surface area contributed by atoms with Gasteiger partial charge in [-0.2, -0.15) is 0 Å². The standard InChI is InChI=1S/C15H26N4/c1-19-9-8-17-15(19)14(18-16)13-7-6-11-4-2-3-5-12(11)10-13/h8-9,11-14,18H,2-7,10,16H2,1H3. The highest BCUT2D eigenvalue weighted by molar-refractivity contribution is 5.02. The van der Waals surface area contributed by atoms with Gasteiger partial charge in [0.2, 0.25) is 0 Å². The fourth-order valence-corrected chi connectivity index (χ4v) is 4.31. The molecule has 3 N–H and O–H groups in total. The fraction of sp³-hybridized carbons (Fsp3) is 0.800. The maximum Gasteiger partial charge on any atom is 0.127 e. The van der Waals surface area contributed by atoms with Gasteiger partial charge in [-0.25, -0.2) is 10.4 Å². The minimum atomic E-state index is 0.211. The summed E-state index contributed by atoms with van der Waals surface area (Å²) < 4.78 is 2.09. The fourth-order valence-electron chi connectivity index (χ4n) is 4.31. The van der Waals surface area contributed by atoms with Gasteiger partial charge >= 0.3 is 0 Å². The van der Waals surface area contributed by atoms with E-state index < -0.39 is 0 Å². The number of hydrazine groups is 1. The molecular weight excluding hydrogens is 236 g/mol. The molecule has 3 rings (SSSR count). The van der Waals surface area contributed by atoms with Crippen LogP contribution in [0.15, 0.2) is 12.4 Å². The zero-order valence-corrected chi connectivity index (χ0v) is 11.9. The average Bonchev–Trinajstić information content (AvgIpc) is 2.86. The SMILES string of the molecule is Cn1ccnc1C(NN)C1CCC2CCCCC2C1. The maximum atomic E-state index is 5.83. The minimum absolute atomic E-state index is 0.211. The summed E-state index contributed by atoms with van der Waals surface area (Å²) in [4.78, 5) is 4.49. The molecule has 4 heteroatoms. The molecule has 2 saturated carbocycles. The first-order chi connectivity index (χ1) is 9.29. The van der Waals surface area contributed by atoms with Crippen LogP contribution in [0.1, 0.15) is 56.8 Å². The molecular formula is C15H26N4. The van der Waals surface area contributed by atoms with E-state index in [4.69, 9.17) is 5.84 Å². The van der Waals surface area contributed by atoms with Gasteiger partial charge < -0.3 is 4.57 Å². The van der Waals surface area contributed by atoms with Gasteiger partial charge in [-0.05, 0) is 37.0 Å². The molecule has 0 bridgehead atoms. The maximum absolute atomic E-state index is 5.83. The van der Waals surface area contributed by atoms with E-state index in [0.717, 1.165) is 17.7 Å². The summed E-state index contributed by atoms with van der Waals surface area (Å²) in [6.07, 6.45) is 13.6. The Morgan fingerprint density at radius 1 is 1.26 bits per heavy atom. The third kappa shape index (κ3) is 2.56. The molecule has 1 aromatic rings. The lowest BCUT2D eigenvalue weighted by atomic mass is 9.66. The summed E-state index contributed by atoms with van der Waals surface area (Å²) in [5, 5.41) is 0. The molecule has 4 atom stereocenters. The second kappa shape index (κ2) is 5.63. The first-order valence-electron chi connectivity index (χ1n) is 7.73. The number of hydrogen-bond donors (Lipinski definition) is 2. The number of aromatic nitrogens is 2. The molecule has 0 radical (unpaired) electrons. The predicted molar refractivity (Wildman–Crippen MR) is 76.1 cm³/mol. The molecule has 4 unspecified atom stereocenters. The Hall–Kier alpha value is -0.870. The highest BCUT2D eigenvalue weighted by atomic mass is 15.3. The van der Waals surface area contributed by atoms with Gasteiger partial charge in [0.25, 0.3) is 0 Å². The van der Waals surface area contributed by atoms with Crippen LogP contribution < -0.4 is 11.3 Å². The van der Waals surface area contributed by atoms with Crippen molar-refractivity contribution in [3.63, 3.8) is 0 Å². The van der Waals surface area contributed by atoms with Crippen molar-refractivity contribution in [1.29, 1.82) is 0 Å². The summed E-state index contributed by atoms with van der Waals surface area (Å²) in [5.41, 5.74) is 3.03. The lowest BCUT2D eigenvalue weighted by Crippen LogP contribution is -2.39. The normalized spacial score (nSPS) is 32.8. The lowest BCUT2D eigenvalue weighted by Gasteiger charge is -2.41. The molecule has 0 amide bonds. The molecule has 2 aliphatic carbocycles. The quantitative estimate of drug-likeness (QED) is 0.650. The van der Waals surface area contributed by atoms with Crippen molar-refractivity contribution in [2.45, 2.75) is 51.0 Å². The van der Waals surface area contributed by atoms with E-state index in [0.29, 0.717) is 5.92 Å². The van der Waals surface area contributed by atoms with Crippen molar-refractivity contribution >= 4 is 0 Å². The van der Waals surface area contributed by atoms with Gasteiger partial charge in [-0.15, -0.1) is 0 Å². The molecule has 0 aromatic carbocycles. The molecule has 106 valence electrons. The Labute approximate surface area is 115 Å². The van der Waals surface area contributed by atoms with Crippen LogP contribution in [0.4, 0.5) is 0 Å². The topological polar surface area (TPSA) is 55.9 Å². The van der Waals surface area contributed by atoms with Gasteiger partial charge in [0.05, 0.1) is 6.04 Å². The van der Waals surface area contributed by atoms with Crippen molar-refractivity contribution < 1.29 is 0 Å². The highest BCUT2D eigenvalue weighted by Gasteiger charge is 2.36. The molecule has 4 nitrogen and oxygen atoms in total. The van der Waals surface area contributed by atoms with E-state index >= 15 is 0 Å². The highest BCUT2D eigenvalue weighted by Crippen LogP contribution is 2.45. The molecule has 0 aliphatic heterocycles. The van der Waals surface area contributed by atoms with Crippen molar-refractivity contribution in [2.24, 2.45) is 30.6 Å². The third-order valence-corrected chi connectivity index (χ3v) is 5.37. The van der Waals surface area contributed by atoms with Crippen LogP contribution >= 0.6 is 0 Å². The van der Waals surface area contributed by atoms with Crippen LogP contribution in [-0.2, 0) is 7.05 Å². The lowest BCUT2D eigenvalue weighted by molar-refractivity contribution is 0.107. The van der Waals surface area contributed by atoms with Gasteiger partial charge in [0, 0.05) is 19.4 Å². The van der Waals surface area contributed by atoms with Gasteiger partial charge in [0.1, 0.15) is 5.82 Å². The van der Waals surface area contributed by atoms with Crippen LogP contribution in [0, 0.1) is 17.8 Å². The number of hydrogen-bond acceptors (Lipinski definition) is 3. The summed E-state index contributed by atoms with van der Waals surface area (Å²) in [7, 11) is 2.05. The Morgan fingerprint density at radius 3 is 2.74 bits per heavy atom. The summed E-state index contributed by atoms with van der Waals surface area (Å²) in [6.45, 7) is 0. The Morgan fingerprint density at radius 2 is 2.05 bits per heavy atom. The largest absolute Gasteiger partial charge is 0.337 e. The van der Waals surface area contributed by atoms with Crippen LogP contribution in [0.2, 0.25) is 0 Å². The molecule has 2 fully saturated rings. The average molecular weight is 262 g/mol. The van der Waals surface area contributed by atoms with Crippen molar-refractivity contribution in [3.8, 4) is 0 Å². The molecule has 2 aliphatic rings. The minimum Gasteiger partial charge on any atom is -0.337 e. The van der Waals surface area contributed by atoms with Crippen molar-refractivity contribution in [2.75, 3.05) is 0 Å². The van der Waals surface area contributed by atoms with Gasteiger partial charge in [-0.3, -0.25) is 5.84 Å². The zero-order valence-electron chi connectivity index (χ0n) is 11.9. The monoisotopic (exact) mass is 262 g/mol. The summed E-state index contributed by atoms with van der Waals surface area (Å²) in [6, 6.07) is 0.211. The van der Waals surface area contributed by atoms with E-state index in [9.17, 15) is 0 Å². The number of nitrogens with two attached hydrogens (primary N) is 1. The van der Waals surface area contributed by atoms with Crippen LogP contribution in [-0.4, -0.2) is 9.55 Å². The van der Waals surface area contributed by atoms with E-state index in [1.165, 1.54) is 44.9 Å². The Balaban J connectivity index is 1.72. The molecule has 1 aromatic heterocycles. The van der Waals surface area contributed by atoms with E-state index in [-0.39, 0.29) is 6.04 Å². The first-order valence-corrected chi connectivity index (χ1v) is 7.73. The zero-order chi connectivity index (χ0) is 13.2. The number of nitrogens with zero attached hydrogens (tertiary/aromatic N) is 2. The molecule has 0 saturated heterocycles. The van der Waals surface area contributed by atoms with E-state index in [1.807, 2.05) is 12.4 Å². The number of aryl methyl sites for hydroxylation is 1. The van der Waals surface area contributed by atoms with Crippen LogP contribution in [0.5, 0.6) is 0 Å². The van der Waals surface area contributed by atoms with E-state index in [2.05, 4.69) is 22.0 Å². The second-order valence-corrected chi connectivity index (χ2v) is 6.42. The number of rotatable bonds is 3. The first kappa shape index (κ1) is 13.1. The van der Waals surface area contributed by atoms with Crippen molar-refractivity contribution in [3.05, 3.63) is 18.2 Å². The third-order valence-electron chi connectivity index (χ3n) is 5.37. The second-order valence-electron chi connectivity index (χ2n) is 6.42. The molecule has 19 heavy (non-hydrogen) atoms. The van der Waals surface area contributed by atoms with Crippen molar-refractivity contribution in [1.82, 2.24) is 15.0 Å². The predicted octanol–water partition coefficient (Wildman–Crippen LogP) is 2.53. The number of fused-ring (bicyclic) bond motifs is 1. The van der Waals surface area contributed by atoms with Crippen LogP contribution in [0.25, 0.3) is 0 Å². The van der Waals surface area contributed by atoms with Crippen LogP contribution in [0.3, 0.4) is 0 Å². The van der Waals surface area contributed by atoms with Gasteiger partial charge in [0.15, 0.2) is 0 Å². The van der Waals surface area contributed by atoms with Gasteiger partial charge in [-0.1, -0.05) is 25.7 Å². The molecule has 0 spiro atoms. The summed E-state index contributed by atoms with van der Waals surface area (Å²) in [5.74, 6) is 9.48. The number of nitrogens with one attached hydrogen (secondary N) is 1. The molecule has 1 heterocycles. The smallest absolute Gasteiger partial charge is 0.127 e. The van der Waals surface area contributed by atoms with E-state index in [1.54, 1.807) is 0 Å².